The number of benzene rings is 2. The summed E-state index contributed by atoms with van der Waals surface area (Å²) in [5, 5.41) is 14.5. The van der Waals surface area contributed by atoms with Crippen molar-refractivity contribution in [1.29, 1.82) is 0 Å². The van der Waals surface area contributed by atoms with Crippen LogP contribution in [0.25, 0.3) is 33.6 Å². The highest BCUT2D eigenvalue weighted by molar-refractivity contribution is 6.02. The molecule has 41 heavy (non-hydrogen) atoms. The number of aromatic nitrogens is 2. The predicted octanol–water partition coefficient (Wildman–Crippen LogP) is 6.88. The van der Waals surface area contributed by atoms with Gasteiger partial charge in [0.05, 0.1) is 17.5 Å². The van der Waals surface area contributed by atoms with Crippen LogP contribution < -0.4 is 10.6 Å². The number of alkyl carbamates (subject to hydrolysis) is 1. The highest BCUT2D eigenvalue weighted by atomic mass is 19.4. The van der Waals surface area contributed by atoms with Crippen LogP contribution in [-0.4, -0.2) is 39.9 Å². The summed E-state index contributed by atoms with van der Waals surface area (Å²) in [5.74, 6) is -0.0890. The number of ether oxygens (including phenoxy) is 1. The van der Waals surface area contributed by atoms with Gasteiger partial charge in [-0.05, 0) is 51.2 Å². The first-order valence-electron chi connectivity index (χ1n) is 13.3. The molecule has 0 unspecified atom stereocenters. The third kappa shape index (κ3) is 5.85. The molecule has 1 amide bonds. The van der Waals surface area contributed by atoms with Gasteiger partial charge in [0.25, 0.3) is 0 Å². The van der Waals surface area contributed by atoms with Gasteiger partial charge in [-0.3, -0.25) is 0 Å². The summed E-state index contributed by atoms with van der Waals surface area (Å²) in [5.41, 5.74) is -0.454. The van der Waals surface area contributed by atoms with Gasteiger partial charge in [-0.25, -0.2) is 9.78 Å². The van der Waals surface area contributed by atoms with Gasteiger partial charge in [0.1, 0.15) is 11.4 Å². The second-order valence-corrected chi connectivity index (χ2v) is 11.0. The zero-order valence-electron chi connectivity index (χ0n) is 22.9. The number of fused-ring (bicyclic) bond motifs is 1. The van der Waals surface area contributed by atoms with Crippen molar-refractivity contribution in [1.82, 2.24) is 15.3 Å². The van der Waals surface area contributed by atoms with Crippen LogP contribution >= 0.6 is 0 Å². The summed E-state index contributed by atoms with van der Waals surface area (Å²) in [4.78, 5) is 20.5. The van der Waals surface area contributed by atoms with E-state index < -0.39 is 29.1 Å². The highest BCUT2D eigenvalue weighted by Gasteiger charge is 2.42. The number of nitrogens with one attached hydrogen (secondary N) is 2. The number of amides is 1. The Hall–Kier alpha value is -4.12. The van der Waals surface area contributed by atoms with Gasteiger partial charge in [0, 0.05) is 17.7 Å². The Bertz CT molecular complexity index is 1540. The number of aliphatic hydroxyl groups excluding tert-OH is 1. The van der Waals surface area contributed by atoms with E-state index in [1.54, 1.807) is 63.2 Å². The van der Waals surface area contributed by atoms with E-state index in [1.807, 2.05) is 12.1 Å². The van der Waals surface area contributed by atoms with Crippen molar-refractivity contribution < 1.29 is 32.2 Å². The number of carbonyl (C=O) groups excluding carboxylic acids is 1. The van der Waals surface area contributed by atoms with Gasteiger partial charge in [0.15, 0.2) is 5.69 Å². The number of nitrogens with zero attached hydrogens (tertiary/aromatic N) is 2. The summed E-state index contributed by atoms with van der Waals surface area (Å²) >= 11 is 0. The Morgan fingerprint density at radius 2 is 1.71 bits per heavy atom. The van der Waals surface area contributed by atoms with E-state index in [0.29, 0.717) is 11.1 Å². The maximum Gasteiger partial charge on any atom is 0.434 e. The van der Waals surface area contributed by atoms with Crippen LogP contribution in [0.15, 0.2) is 59.0 Å². The number of anilines is 1. The van der Waals surface area contributed by atoms with Gasteiger partial charge in [-0.1, -0.05) is 54.6 Å². The summed E-state index contributed by atoms with van der Waals surface area (Å²) in [7, 11) is 0. The fourth-order valence-electron chi connectivity index (χ4n) is 4.99. The van der Waals surface area contributed by atoms with Crippen LogP contribution in [0.1, 0.15) is 51.3 Å². The first-order chi connectivity index (χ1) is 19.4. The van der Waals surface area contributed by atoms with E-state index in [-0.39, 0.29) is 41.5 Å². The van der Waals surface area contributed by atoms with Gasteiger partial charge >= 0.3 is 12.3 Å². The fourth-order valence-corrected chi connectivity index (χ4v) is 4.99. The quantitative estimate of drug-likeness (QED) is 0.223. The number of furan rings is 1. The molecular formula is C30H31F3N4O4. The molecule has 0 spiro atoms. The minimum atomic E-state index is -4.80. The van der Waals surface area contributed by atoms with E-state index >= 15 is 0 Å². The van der Waals surface area contributed by atoms with Crippen LogP contribution in [0.4, 0.5) is 23.9 Å². The van der Waals surface area contributed by atoms with Gasteiger partial charge in [0.2, 0.25) is 11.7 Å². The topological polar surface area (TPSA) is 110 Å². The van der Waals surface area contributed by atoms with Crippen LogP contribution in [0, 0.1) is 0 Å². The van der Waals surface area contributed by atoms with Crippen LogP contribution in [-0.2, 0) is 16.5 Å². The van der Waals surface area contributed by atoms with E-state index in [2.05, 4.69) is 20.6 Å². The number of alkyl halides is 3. The summed E-state index contributed by atoms with van der Waals surface area (Å²) in [6, 6.07) is 15.9. The third-order valence-corrected chi connectivity index (χ3v) is 6.92. The van der Waals surface area contributed by atoms with E-state index in [9.17, 15) is 18.0 Å². The van der Waals surface area contributed by atoms with Gasteiger partial charge < -0.3 is 24.9 Å². The molecule has 2 aromatic heterocycles. The van der Waals surface area contributed by atoms with Crippen LogP contribution in [0.3, 0.4) is 0 Å². The van der Waals surface area contributed by atoms with Crippen molar-refractivity contribution in [2.75, 3.05) is 18.5 Å². The molecule has 1 saturated carbocycles. The maximum absolute atomic E-state index is 14.3. The van der Waals surface area contributed by atoms with Crippen molar-refractivity contribution in [3.63, 3.8) is 0 Å². The first kappa shape index (κ1) is 28.4. The van der Waals surface area contributed by atoms with Crippen molar-refractivity contribution in [3.8, 4) is 22.5 Å². The second kappa shape index (κ2) is 10.7. The second-order valence-electron chi connectivity index (χ2n) is 11.0. The molecule has 1 fully saturated rings. The van der Waals surface area contributed by atoms with E-state index in [4.69, 9.17) is 14.3 Å². The normalized spacial score (nSPS) is 14.9. The highest BCUT2D eigenvalue weighted by Crippen LogP contribution is 2.46. The van der Waals surface area contributed by atoms with Crippen molar-refractivity contribution in [2.45, 2.75) is 57.3 Å². The fraction of sp³-hybridized carbons (Fsp3) is 0.367. The average molecular weight is 569 g/mol. The molecule has 0 radical (unpaired) electrons. The molecule has 2 heterocycles. The van der Waals surface area contributed by atoms with Crippen LogP contribution in [0.2, 0.25) is 0 Å². The monoisotopic (exact) mass is 568 g/mol. The third-order valence-electron chi connectivity index (χ3n) is 6.92. The lowest BCUT2D eigenvalue weighted by Gasteiger charge is -2.43. The standard InChI is InChI=1S/C30H31F3N4O4/c1-28(2,3)41-27(39)37-29(14-7-15-29)20-12-10-19(11-13-20)23-21(18-8-5-4-6-9-18)22-24(30(31,32)33)35-26(34-16-17-38)36-25(22)40-23/h4-6,8-13,38H,7,14-17H2,1-3H3,(H,37,39)(H,34,35,36). The zero-order valence-corrected chi connectivity index (χ0v) is 22.9. The maximum atomic E-state index is 14.3. The molecule has 4 aromatic rings. The lowest BCUT2D eigenvalue weighted by atomic mass is 9.71. The Labute approximate surface area is 234 Å². The number of hydrogen-bond acceptors (Lipinski definition) is 7. The molecule has 11 heteroatoms. The molecule has 0 aliphatic heterocycles. The SMILES string of the molecule is CC(C)(C)OC(=O)NC1(c2ccc(-c3oc4nc(NCCO)nc(C(F)(F)F)c4c3-c3ccccc3)cc2)CCC1. The van der Waals surface area contributed by atoms with Gasteiger partial charge in [-0.15, -0.1) is 0 Å². The molecule has 0 bridgehead atoms. The molecular weight excluding hydrogens is 537 g/mol. The molecule has 2 aromatic carbocycles. The Balaban J connectivity index is 1.61. The predicted molar refractivity (Wildman–Crippen MR) is 148 cm³/mol. The number of rotatable bonds is 7. The van der Waals surface area contributed by atoms with Crippen LogP contribution in [0.5, 0.6) is 0 Å². The minimum absolute atomic E-state index is 0.0253. The molecule has 0 atom stereocenters. The Morgan fingerprint density at radius 1 is 1.02 bits per heavy atom. The Kier molecular flexibility index (Phi) is 7.41. The minimum Gasteiger partial charge on any atom is -0.444 e. The molecule has 1 aliphatic rings. The number of hydrogen-bond donors (Lipinski definition) is 3. The zero-order chi connectivity index (χ0) is 29.4. The largest absolute Gasteiger partial charge is 0.444 e. The molecule has 8 nitrogen and oxygen atoms in total. The van der Waals surface area contributed by atoms with Gasteiger partial charge in [-0.2, -0.15) is 18.2 Å². The number of carbonyl (C=O) groups is 1. The first-order valence-corrected chi connectivity index (χ1v) is 13.3. The average Bonchev–Trinajstić information content (AvgIpc) is 3.27. The summed E-state index contributed by atoms with van der Waals surface area (Å²) < 4.78 is 54.4. The number of halogens is 3. The number of aliphatic hydroxyl groups is 1. The molecule has 5 rings (SSSR count). The summed E-state index contributed by atoms with van der Waals surface area (Å²) in [6.07, 6.45) is -2.90. The lowest BCUT2D eigenvalue weighted by molar-refractivity contribution is -0.139. The van der Waals surface area contributed by atoms with Crippen molar-refractivity contribution >= 4 is 23.1 Å². The van der Waals surface area contributed by atoms with E-state index in [0.717, 1.165) is 24.8 Å². The molecule has 0 saturated heterocycles. The molecule has 1 aliphatic carbocycles. The summed E-state index contributed by atoms with van der Waals surface area (Å²) in [6.45, 7) is 5.06. The lowest BCUT2D eigenvalue weighted by Crippen LogP contribution is -2.52. The molecule has 216 valence electrons. The van der Waals surface area contributed by atoms with Crippen molar-refractivity contribution in [3.05, 3.63) is 65.9 Å². The van der Waals surface area contributed by atoms with Crippen molar-refractivity contribution in [2.24, 2.45) is 0 Å². The smallest absolute Gasteiger partial charge is 0.434 e. The van der Waals surface area contributed by atoms with E-state index in [1.165, 1.54) is 0 Å². The molecule has 3 N–H and O–H groups in total. The Morgan fingerprint density at radius 3 is 2.27 bits per heavy atom.